The van der Waals surface area contributed by atoms with Gasteiger partial charge in [0.2, 0.25) is 17.7 Å². The molecule has 0 aliphatic heterocycles. The highest BCUT2D eigenvalue weighted by atomic mass is 19.4. The molecule has 1 aliphatic carbocycles. The number of rotatable bonds is 14. The third-order valence-corrected chi connectivity index (χ3v) is 10.4. The van der Waals surface area contributed by atoms with Crippen LogP contribution in [0.4, 0.5) is 23.2 Å². The molecule has 5 rings (SSSR count). The molecule has 0 bridgehead atoms. The molecule has 1 aromatic heterocycles. The highest BCUT2D eigenvalue weighted by molar-refractivity contribution is 5.99. The maximum Gasteiger partial charge on any atom is 0.418 e. The number of aromatic amines is 1. The topological polar surface area (TPSA) is 144 Å². The van der Waals surface area contributed by atoms with Gasteiger partial charge in [0.15, 0.2) is 0 Å². The van der Waals surface area contributed by atoms with Crippen molar-refractivity contribution >= 4 is 40.2 Å². The molecule has 6 N–H and O–H groups in total. The number of benzene rings is 3. The Labute approximate surface area is 311 Å². The van der Waals surface area contributed by atoms with Gasteiger partial charge >= 0.3 is 6.18 Å². The SMILES string of the molecule is CCC(C)[C@H](NC(=O)Cc1ccccc1F)C(=O)N[C@]1(C(=O)N[C@H](C(=O)NNc2ccccc2)C(C)CC)CCc2[nH]c3c(C(F)(F)F)cccc3c2C1. The summed E-state index contributed by atoms with van der Waals surface area (Å²) in [5, 5.41) is 8.75. The van der Waals surface area contributed by atoms with Gasteiger partial charge in [-0.25, -0.2) is 4.39 Å². The molecule has 10 nitrogen and oxygen atoms in total. The average Bonchev–Trinajstić information content (AvgIpc) is 3.52. The average molecular weight is 751 g/mol. The Hall–Kier alpha value is -5.40. The van der Waals surface area contributed by atoms with Gasteiger partial charge in [0.1, 0.15) is 23.4 Å². The highest BCUT2D eigenvalue weighted by Crippen LogP contribution is 2.40. The number of carbonyl (C=O) groups is 4. The van der Waals surface area contributed by atoms with Gasteiger partial charge in [-0.2, -0.15) is 13.2 Å². The van der Waals surface area contributed by atoms with E-state index in [0.717, 1.165) is 6.07 Å². The fraction of sp³-hybridized carbons (Fsp3) is 0.400. The van der Waals surface area contributed by atoms with Gasteiger partial charge in [-0.3, -0.25) is 30.0 Å². The molecule has 14 heteroatoms. The van der Waals surface area contributed by atoms with Gasteiger partial charge in [0.25, 0.3) is 5.91 Å². The third-order valence-electron chi connectivity index (χ3n) is 10.4. The molecule has 0 fully saturated rings. The molecule has 1 aliphatic rings. The van der Waals surface area contributed by atoms with Crippen molar-refractivity contribution in [1.82, 2.24) is 26.4 Å². The molecule has 0 radical (unpaired) electrons. The van der Waals surface area contributed by atoms with Crippen LogP contribution in [-0.4, -0.2) is 46.2 Å². The van der Waals surface area contributed by atoms with Gasteiger partial charge < -0.3 is 20.9 Å². The van der Waals surface area contributed by atoms with Gasteiger partial charge in [0.05, 0.1) is 23.2 Å². The Bertz CT molecular complexity index is 1980. The number of halogens is 4. The van der Waals surface area contributed by atoms with Crippen LogP contribution in [0.5, 0.6) is 0 Å². The zero-order chi connectivity index (χ0) is 39.2. The second kappa shape index (κ2) is 16.7. The molecule has 4 amide bonds. The minimum Gasteiger partial charge on any atom is -0.358 e. The van der Waals surface area contributed by atoms with Crippen LogP contribution < -0.4 is 26.8 Å². The number of para-hydroxylation sites is 2. The number of alkyl halides is 3. The van der Waals surface area contributed by atoms with Crippen LogP contribution in [0.2, 0.25) is 0 Å². The predicted octanol–water partition coefficient (Wildman–Crippen LogP) is 6.12. The van der Waals surface area contributed by atoms with Crippen molar-refractivity contribution in [1.29, 1.82) is 0 Å². The normalized spacial score (nSPS) is 17.7. The minimum absolute atomic E-state index is 0.0285. The van der Waals surface area contributed by atoms with Crippen LogP contribution in [0.25, 0.3) is 10.9 Å². The number of carbonyl (C=O) groups excluding carboxylic acids is 4. The van der Waals surface area contributed by atoms with E-state index in [0.29, 0.717) is 29.8 Å². The summed E-state index contributed by atoms with van der Waals surface area (Å²) in [5.74, 6) is -3.93. The molecule has 2 unspecified atom stereocenters. The van der Waals surface area contributed by atoms with Crippen LogP contribution in [0.15, 0.2) is 72.8 Å². The summed E-state index contributed by atoms with van der Waals surface area (Å²) in [6, 6.07) is 16.2. The molecule has 3 aromatic carbocycles. The maximum atomic E-state index is 14.7. The lowest BCUT2D eigenvalue weighted by Gasteiger charge is -2.39. The first kappa shape index (κ1) is 39.8. The zero-order valence-corrected chi connectivity index (χ0v) is 30.6. The lowest BCUT2D eigenvalue weighted by Crippen LogP contribution is -2.67. The van der Waals surface area contributed by atoms with E-state index in [4.69, 9.17) is 0 Å². The van der Waals surface area contributed by atoms with Crippen LogP contribution in [0.3, 0.4) is 0 Å². The Kier molecular flexibility index (Phi) is 12.3. The second-order valence-electron chi connectivity index (χ2n) is 14.1. The molecule has 288 valence electrons. The largest absolute Gasteiger partial charge is 0.418 e. The first-order valence-electron chi connectivity index (χ1n) is 18.1. The lowest BCUT2D eigenvalue weighted by atomic mass is 9.78. The van der Waals surface area contributed by atoms with E-state index in [1.54, 1.807) is 44.2 Å². The quantitative estimate of drug-likeness (QED) is 0.0681. The molecule has 54 heavy (non-hydrogen) atoms. The van der Waals surface area contributed by atoms with E-state index >= 15 is 0 Å². The third kappa shape index (κ3) is 8.86. The van der Waals surface area contributed by atoms with E-state index in [9.17, 15) is 36.7 Å². The zero-order valence-electron chi connectivity index (χ0n) is 30.6. The molecule has 1 heterocycles. The molecular weight excluding hydrogens is 704 g/mol. The van der Waals surface area contributed by atoms with Crippen molar-refractivity contribution in [2.75, 3.05) is 5.43 Å². The summed E-state index contributed by atoms with van der Waals surface area (Å²) < 4.78 is 56.6. The second-order valence-corrected chi connectivity index (χ2v) is 14.1. The molecule has 5 atom stereocenters. The summed E-state index contributed by atoms with van der Waals surface area (Å²) in [4.78, 5) is 58.7. The number of nitrogens with one attached hydrogen (secondary N) is 6. The highest BCUT2D eigenvalue weighted by Gasteiger charge is 2.47. The number of anilines is 1. The van der Waals surface area contributed by atoms with Gasteiger partial charge in [-0.1, -0.05) is 89.1 Å². The number of H-pyrrole nitrogens is 1. The smallest absolute Gasteiger partial charge is 0.358 e. The fourth-order valence-electron chi connectivity index (χ4n) is 6.83. The number of hydrazine groups is 1. The molecular formula is C40H46F4N6O4. The van der Waals surface area contributed by atoms with Crippen molar-refractivity contribution in [3.8, 4) is 0 Å². The number of fused-ring (bicyclic) bond motifs is 3. The summed E-state index contributed by atoms with van der Waals surface area (Å²) in [6.45, 7) is 7.23. The Balaban J connectivity index is 1.49. The molecule has 0 spiro atoms. The summed E-state index contributed by atoms with van der Waals surface area (Å²) in [5.41, 5.74) is 4.43. The van der Waals surface area contributed by atoms with E-state index < -0.39 is 64.7 Å². The van der Waals surface area contributed by atoms with E-state index in [1.807, 2.05) is 19.9 Å². The van der Waals surface area contributed by atoms with Crippen molar-refractivity contribution in [2.24, 2.45) is 11.8 Å². The predicted molar refractivity (Wildman–Crippen MR) is 197 cm³/mol. The van der Waals surface area contributed by atoms with Crippen molar-refractivity contribution in [2.45, 2.75) is 90.0 Å². The summed E-state index contributed by atoms with van der Waals surface area (Å²) in [7, 11) is 0. The number of aryl methyl sites for hydroxylation is 1. The lowest BCUT2D eigenvalue weighted by molar-refractivity contribution is -0.139. The van der Waals surface area contributed by atoms with E-state index in [1.165, 1.54) is 30.3 Å². The van der Waals surface area contributed by atoms with Crippen LogP contribution >= 0.6 is 0 Å². The first-order valence-corrected chi connectivity index (χ1v) is 18.1. The van der Waals surface area contributed by atoms with Crippen molar-refractivity contribution in [3.05, 3.63) is 101 Å². The Morgan fingerprint density at radius 3 is 2.13 bits per heavy atom. The maximum absolute atomic E-state index is 14.7. The number of hydrogen-bond acceptors (Lipinski definition) is 5. The molecule has 4 aromatic rings. The summed E-state index contributed by atoms with van der Waals surface area (Å²) >= 11 is 0. The van der Waals surface area contributed by atoms with Gasteiger partial charge in [-0.15, -0.1) is 0 Å². The van der Waals surface area contributed by atoms with Crippen LogP contribution in [-0.2, 0) is 44.6 Å². The van der Waals surface area contributed by atoms with Crippen molar-refractivity contribution < 1.29 is 36.7 Å². The van der Waals surface area contributed by atoms with Gasteiger partial charge in [-0.05, 0) is 60.1 Å². The monoisotopic (exact) mass is 750 g/mol. The minimum atomic E-state index is -4.65. The Morgan fingerprint density at radius 1 is 0.833 bits per heavy atom. The van der Waals surface area contributed by atoms with E-state index in [2.05, 4.69) is 31.8 Å². The first-order chi connectivity index (χ1) is 25.7. The standard InChI is InChI=1S/C40H46F4N6O4/c1-5-23(3)33(46-32(51)21-25-13-10-11-18-30(25)41)36(52)48-39(20-19-31-28(22-39)27-16-12-17-29(35(27)45-31)40(42,43)44)38(54)47-34(24(4)6-2)37(53)50-49-26-14-8-7-9-15-26/h7-18,23-24,33-34,45,49H,5-6,19-22H2,1-4H3,(H,46,51)(H,47,54)(H,48,52)(H,50,53)/t23?,24?,33-,34-,39+/m0/s1. The van der Waals surface area contributed by atoms with Crippen LogP contribution in [0, 0.1) is 17.7 Å². The summed E-state index contributed by atoms with van der Waals surface area (Å²) in [6.07, 6.45) is -4.16. The van der Waals surface area contributed by atoms with Gasteiger partial charge in [0, 0.05) is 17.5 Å². The number of aromatic nitrogens is 1. The van der Waals surface area contributed by atoms with Crippen molar-refractivity contribution in [3.63, 3.8) is 0 Å². The van der Waals surface area contributed by atoms with E-state index in [-0.39, 0.29) is 48.1 Å². The van der Waals surface area contributed by atoms with Crippen LogP contribution in [0.1, 0.15) is 69.3 Å². The molecule has 0 saturated carbocycles. The number of amides is 4. The number of hydrogen-bond donors (Lipinski definition) is 6. The fourth-order valence-corrected chi connectivity index (χ4v) is 6.83. The Morgan fingerprint density at radius 2 is 1.48 bits per heavy atom. The molecule has 0 saturated heterocycles.